The van der Waals surface area contributed by atoms with Gasteiger partial charge in [0, 0.05) is 19.2 Å². The van der Waals surface area contributed by atoms with E-state index >= 15 is 0 Å². The average Bonchev–Trinajstić information content (AvgIpc) is 2.48. The lowest BCUT2D eigenvalue weighted by Gasteiger charge is -2.20. The number of benzene rings is 2. The van der Waals surface area contributed by atoms with Crippen LogP contribution < -0.4 is 0 Å². The lowest BCUT2D eigenvalue weighted by molar-refractivity contribution is -0.139. The molecule has 2 aromatic rings. The second-order valence-electron chi connectivity index (χ2n) is 4.85. The first kappa shape index (κ1) is 17.4. The van der Waals surface area contributed by atoms with Crippen LogP contribution in [-0.4, -0.2) is 19.8 Å². The van der Waals surface area contributed by atoms with Crippen LogP contribution in [0.25, 0.3) is 0 Å². The van der Waals surface area contributed by atoms with E-state index in [9.17, 15) is 26.0 Å². The lowest BCUT2D eigenvalue weighted by Crippen LogP contribution is -2.29. The largest absolute Gasteiger partial charge is 0.417 e. The zero-order valence-electron chi connectivity index (χ0n) is 12.0. The van der Waals surface area contributed by atoms with Crippen LogP contribution in [0.15, 0.2) is 53.4 Å². The molecule has 0 aliphatic rings. The second-order valence-corrected chi connectivity index (χ2v) is 6.86. The summed E-state index contributed by atoms with van der Waals surface area (Å²) in [7, 11) is -3.31. The molecule has 2 aromatic carbocycles. The molecule has 0 spiro atoms. The van der Waals surface area contributed by atoms with Gasteiger partial charge in [0.05, 0.1) is 10.5 Å². The fourth-order valence-corrected chi connectivity index (χ4v) is 3.40. The molecule has 2 rings (SSSR count). The minimum atomic E-state index is -4.80. The maximum Gasteiger partial charge on any atom is 0.417 e. The van der Waals surface area contributed by atoms with Gasteiger partial charge in [-0.15, -0.1) is 0 Å². The molecule has 0 aliphatic heterocycles. The number of nitrogens with zero attached hydrogens (tertiary/aromatic N) is 1. The van der Waals surface area contributed by atoms with E-state index in [4.69, 9.17) is 0 Å². The third kappa shape index (κ3) is 3.70. The summed E-state index contributed by atoms with van der Waals surface area (Å²) >= 11 is 0. The van der Waals surface area contributed by atoms with Gasteiger partial charge in [0.2, 0.25) is 10.0 Å². The smallest absolute Gasteiger partial charge is 0.207 e. The van der Waals surface area contributed by atoms with Crippen LogP contribution in [0.5, 0.6) is 0 Å². The van der Waals surface area contributed by atoms with Gasteiger partial charge in [-0.05, 0) is 18.2 Å². The Hall–Kier alpha value is -1.93. The molecule has 0 aromatic heterocycles. The van der Waals surface area contributed by atoms with Crippen LogP contribution in [0.4, 0.5) is 17.6 Å². The first-order valence-electron chi connectivity index (χ1n) is 6.50. The van der Waals surface area contributed by atoms with Crippen molar-refractivity contribution in [1.82, 2.24) is 4.31 Å². The highest BCUT2D eigenvalue weighted by molar-refractivity contribution is 7.89. The summed E-state index contributed by atoms with van der Waals surface area (Å²) < 4.78 is 78.1. The second kappa shape index (κ2) is 6.29. The molecular weight excluding hydrogens is 334 g/mol. The predicted octanol–water partition coefficient (Wildman–Crippen LogP) is 3.67. The van der Waals surface area contributed by atoms with Crippen molar-refractivity contribution < 1.29 is 26.0 Å². The van der Waals surface area contributed by atoms with Gasteiger partial charge in [-0.2, -0.15) is 17.5 Å². The zero-order chi connectivity index (χ0) is 17.3. The van der Waals surface area contributed by atoms with E-state index in [0.29, 0.717) is 10.4 Å². The topological polar surface area (TPSA) is 37.4 Å². The van der Waals surface area contributed by atoms with Gasteiger partial charge in [-0.3, -0.25) is 0 Å². The van der Waals surface area contributed by atoms with Gasteiger partial charge in [-0.25, -0.2) is 12.8 Å². The Balaban J connectivity index is 2.41. The quantitative estimate of drug-likeness (QED) is 0.792. The molecule has 0 bridgehead atoms. The Bertz CT molecular complexity index is 803. The highest BCUT2D eigenvalue weighted by atomic mass is 32.2. The van der Waals surface area contributed by atoms with Gasteiger partial charge in [0.15, 0.2) is 0 Å². The molecule has 124 valence electrons. The lowest BCUT2D eigenvalue weighted by atomic mass is 10.2. The molecule has 23 heavy (non-hydrogen) atoms. The average molecular weight is 347 g/mol. The van der Waals surface area contributed by atoms with Gasteiger partial charge >= 0.3 is 6.18 Å². The highest BCUT2D eigenvalue weighted by Gasteiger charge is 2.38. The van der Waals surface area contributed by atoms with Crippen molar-refractivity contribution in [2.75, 3.05) is 7.05 Å². The van der Waals surface area contributed by atoms with E-state index in [2.05, 4.69) is 0 Å². The minimum Gasteiger partial charge on any atom is -0.207 e. The normalized spacial score (nSPS) is 12.6. The van der Waals surface area contributed by atoms with Crippen molar-refractivity contribution in [3.63, 3.8) is 0 Å². The van der Waals surface area contributed by atoms with Crippen molar-refractivity contribution in [3.8, 4) is 0 Å². The fourth-order valence-electron chi connectivity index (χ4n) is 2.05. The van der Waals surface area contributed by atoms with Crippen LogP contribution >= 0.6 is 0 Å². The summed E-state index contributed by atoms with van der Waals surface area (Å²) in [6, 6.07) is 9.38. The number of halogens is 4. The molecular formula is C15H13F4NO2S. The summed E-state index contributed by atoms with van der Waals surface area (Å²) in [6.07, 6.45) is -4.80. The Kier molecular flexibility index (Phi) is 4.76. The number of hydrogen-bond donors (Lipinski definition) is 0. The Morgan fingerprint density at radius 3 is 2.17 bits per heavy atom. The maximum absolute atomic E-state index is 13.6. The summed E-state index contributed by atoms with van der Waals surface area (Å²) in [5.74, 6) is -0.626. The Labute approximate surface area is 131 Å². The van der Waals surface area contributed by atoms with Crippen LogP contribution in [0.3, 0.4) is 0 Å². The van der Waals surface area contributed by atoms with Gasteiger partial charge in [0.25, 0.3) is 0 Å². The first-order chi connectivity index (χ1) is 10.6. The van der Waals surface area contributed by atoms with E-state index in [1.165, 1.54) is 24.3 Å². The summed E-state index contributed by atoms with van der Waals surface area (Å²) in [6.45, 7) is -0.374. The zero-order valence-corrected chi connectivity index (χ0v) is 12.8. The fraction of sp³-hybridized carbons (Fsp3) is 0.200. The van der Waals surface area contributed by atoms with Gasteiger partial charge < -0.3 is 0 Å². The van der Waals surface area contributed by atoms with Crippen molar-refractivity contribution in [2.45, 2.75) is 17.6 Å². The first-order valence-corrected chi connectivity index (χ1v) is 7.94. The van der Waals surface area contributed by atoms with Crippen molar-refractivity contribution >= 4 is 10.0 Å². The third-order valence-corrected chi connectivity index (χ3v) is 5.09. The predicted molar refractivity (Wildman–Crippen MR) is 76.5 cm³/mol. The molecule has 8 heteroatoms. The highest BCUT2D eigenvalue weighted by Crippen LogP contribution is 2.35. The van der Waals surface area contributed by atoms with Crippen molar-refractivity contribution in [2.24, 2.45) is 0 Å². The molecule has 0 saturated heterocycles. The third-order valence-electron chi connectivity index (χ3n) is 3.23. The van der Waals surface area contributed by atoms with Gasteiger partial charge in [0.1, 0.15) is 5.82 Å². The molecule has 0 atom stereocenters. The van der Waals surface area contributed by atoms with E-state index < -0.39 is 32.5 Å². The van der Waals surface area contributed by atoms with Crippen LogP contribution in [0, 0.1) is 5.82 Å². The van der Waals surface area contributed by atoms with Crippen molar-refractivity contribution in [3.05, 3.63) is 65.5 Å². The molecule has 0 fully saturated rings. The Morgan fingerprint density at radius 1 is 1.00 bits per heavy atom. The maximum atomic E-state index is 13.6. The van der Waals surface area contributed by atoms with Crippen molar-refractivity contribution in [1.29, 1.82) is 0 Å². The number of sulfonamides is 1. The van der Waals surface area contributed by atoms with E-state index in [-0.39, 0.29) is 12.1 Å². The minimum absolute atomic E-state index is 0.0723. The molecule has 0 radical (unpaired) electrons. The monoisotopic (exact) mass is 347 g/mol. The van der Waals surface area contributed by atoms with Crippen LogP contribution in [0.2, 0.25) is 0 Å². The Morgan fingerprint density at radius 2 is 1.57 bits per heavy atom. The van der Waals surface area contributed by atoms with Crippen LogP contribution in [-0.2, 0) is 22.7 Å². The molecule has 0 unspecified atom stereocenters. The van der Waals surface area contributed by atoms with Gasteiger partial charge in [-0.1, -0.05) is 30.3 Å². The summed E-state index contributed by atoms with van der Waals surface area (Å²) in [5.41, 5.74) is -1.18. The number of rotatable bonds is 4. The number of alkyl halides is 3. The summed E-state index contributed by atoms with van der Waals surface area (Å²) in [5, 5.41) is 0. The van der Waals surface area contributed by atoms with Crippen LogP contribution in [0.1, 0.15) is 11.1 Å². The number of hydrogen-bond acceptors (Lipinski definition) is 2. The molecule has 0 heterocycles. The van der Waals surface area contributed by atoms with E-state index in [0.717, 1.165) is 25.2 Å². The SMILES string of the molecule is CN(Cc1ccccc1F)S(=O)(=O)c1ccccc1C(F)(F)F. The van der Waals surface area contributed by atoms with E-state index in [1.807, 2.05) is 0 Å². The molecule has 0 aliphatic carbocycles. The molecule has 0 amide bonds. The molecule has 3 nitrogen and oxygen atoms in total. The summed E-state index contributed by atoms with van der Waals surface area (Å²) in [4.78, 5) is -0.855. The molecule has 0 saturated carbocycles. The molecule has 0 N–H and O–H groups in total. The van der Waals surface area contributed by atoms with E-state index in [1.54, 1.807) is 0 Å². The standard InChI is InChI=1S/C15H13F4NO2S/c1-20(10-11-6-2-4-8-13(11)16)23(21,22)14-9-5-3-7-12(14)15(17,18)19/h2-9H,10H2,1H3.